The number of rotatable bonds is 3. The minimum atomic E-state index is -0.407. The van der Waals surface area contributed by atoms with E-state index in [0.29, 0.717) is 27.5 Å². The Morgan fingerprint density at radius 2 is 1.47 bits per heavy atom. The molecule has 0 aliphatic carbocycles. The molecule has 2 aromatic heterocycles. The second-order valence-corrected chi connectivity index (χ2v) is 8.16. The highest BCUT2D eigenvalue weighted by Gasteiger charge is 2.25. The molecule has 5 nitrogen and oxygen atoms in total. The number of esters is 1. The molecule has 148 valence electrons. The molecule has 0 saturated heterocycles. The number of fused-ring (bicyclic) bond motifs is 5. The fourth-order valence-corrected chi connectivity index (χ4v) is 4.34. The number of nitrogens with zero attached hydrogens (tertiary/aromatic N) is 2. The molecule has 0 amide bonds. The average molecular weight is 508 g/mol. The minimum Gasteiger partial charge on any atom is -0.462 e. The molecule has 5 aromatic rings. The molecule has 0 radical (unpaired) electrons. The van der Waals surface area contributed by atoms with Gasteiger partial charge in [-0.25, -0.2) is 13.8 Å². The van der Waals surface area contributed by atoms with Crippen LogP contribution in [0.4, 0.5) is 0 Å². The molecule has 0 aliphatic heterocycles. The van der Waals surface area contributed by atoms with Gasteiger partial charge < -0.3 is 4.74 Å². The number of carbonyl (C=O) groups excluding carboxylic acids is 1. The number of hydrogen-bond acceptors (Lipinski definition) is 3. The SMILES string of the molecule is CCOC(=O)c1c(-c2ccc(I)cc2)n2c3ccccc3c(=O)n2c2ccccc12. The van der Waals surface area contributed by atoms with E-state index in [1.807, 2.05) is 77.3 Å². The van der Waals surface area contributed by atoms with E-state index in [9.17, 15) is 9.59 Å². The molecule has 6 heteroatoms. The van der Waals surface area contributed by atoms with Crippen LogP contribution in [0.5, 0.6) is 0 Å². The molecule has 3 aromatic carbocycles. The van der Waals surface area contributed by atoms with Crippen molar-refractivity contribution in [1.29, 1.82) is 0 Å². The van der Waals surface area contributed by atoms with Crippen molar-refractivity contribution in [2.75, 3.05) is 6.61 Å². The van der Waals surface area contributed by atoms with Crippen LogP contribution in [-0.2, 0) is 4.74 Å². The summed E-state index contributed by atoms with van der Waals surface area (Å²) in [7, 11) is 0. The zero-order valence-electron chi connectivity index (χ0n) is 16.1. The molecule has 0 aliphatic rings. The first-order chi connectivity index (χ1) is 14.6. The lowest BCUT2D eigenvalue weighted by Gasteiger charge is -2.17. The molecular weight excluding hydrogens is 491 g/mol. The number of hydrogen-bond donors (Lipinski definition) is 0. The highest BCUT2D eigenvalue weighted by atomic mass is 127. The van der Waals surface area contributed by atoms with Gasteiger partial charge in [0, 0.05) is 14.5 Å². The van der Waals surface area contributed by atoms with E-state index in [1.54, 1.807) is 11.4 Å². The van der Waals surface area contributed by atoms with Gasteiger partial charge in [-0.3, -0.25) is 4.79 Å². The lowest BCUT2D eigenvalue weighted by atomic mass is 10.0. The van der Waals surface area contributed by atoms with Gasteiger partial charge in [0.25, 0.3) is 5.56 Å². The standard InChI is InChI=1S/C24H17IN2O3/c1-2-30-24(29)21-17-7-3-5-9-19(17)27-23(28)18-8-4-6-10-20(18)26(27)22(21)15-11-13-16(25)14-12-15/h3-14H,2H2,1H3. The Hall–Kier alpha value is -3.13. The zero-order chi connectivity index (χ0) is 20.8. The molecule has 0 atom stereocenters. The highest BCUT2D eigenvalue weighted by molar-refractivity contribution is 14.1. The van der Waals surface area contributed by atoms with Crippen molar-refractivity contribution in [2.45, 2.75) is 6.92 Å². The summed E-state index contributed by atoms with van der Waals surface area (Å²) >= 11 is 2.25. The molecule has 0 spiro atoms. The third kappa shape index (κ3) is 2.74. The van der Waals surface area contributed by atoms with Crippen LogP contribution in [-0.4, -0.2) is 21.6 Å². The molecule has 0 unspecified atom stereocenters. The highest BCUT2D eigenvalue weighted by Crippen LogP contribution is 2.32. The van der Waals surface area contributed by atoms with Crippen LogP contribution in [0.25, 0.3) is 33.1 Å². The largest absolute Gasteiger partial charge is 0.462 e. The first-order valence-electron chi connectivity index (χ1n) is 9.62. The average Bonchev–Trinajstić information content (AvgIpc) is 3.07. The van der Waals surface area contributed by atoms with Crippen molar-refractivity contribution in [3.8, 4) is 11.3 Å². The Morgan fingerprint density at radius 1 is 0.867 bits per heavy atom. The summed E-state index contributed by atoms with van der Waals surface area (Å²) in [6.07, 6.45) is 0. The molecule has 0 N–H and O–H groups in total. The van der Waals surface area contributed by atoms with Crippen LogP contribution in [0, 0.1) is 3.57 Å². The normalized spacial score (nSPS) is 11.4. The van der Waals surface area contributed by atoms with E-state index in [0.717, 1.165) is 14.7 Å². The number of halogens is 1. The van der Waals surface area contributed by atoms with Crippen molar-refractivity contribution < 1.29 is 9.53 Å². The number of para-hydroxylation sites is 2. The van der Waals surface area contributed by atoms with Crippen LogP contribution >= 0.6 is 22.6 Å². The van der Waals surface area contributed by atoms with Crippen molar-refractivity contribution >= 4 is 50.4 Å². The Morgan fingerprint density at radius 3 is 2.13 bits per heavy atom. The predicted molar refractivity (Wildman–Crippen MR) is 126 cm³/mol. The minimum absolute atomic E-state index is 0.121. The molecular formula is C24H17IN2O3. The maximum atomic E-state index is 13.4. The van der Waals surface area contributed by atoms with Crippen LogP contribution in [0.3, 0.4) is 0 Å². The van der Waals surface area contributed by atoms with Crippen molar-refractivity contribution in [1.82, 2.24) is 9.03 Å². The third-order valence-electron chi connectivity index (χ3n) is 5.20. The lowest BCUT2D eigenvalue weighted by Crippen LogP contribution is -2.18. The first-order valence-corrected chi connectivity index (χ1v) is 10.7. The van der Waals surface area contributed by atoms with Crippen molar-refractivity contribution in [2.24, 2.45) is 0 Å². The van der Waals surface area contributed by atoms with Crippen LogP contribution in [0.1, 0.15) is 17.3 Å². The van der Waals surface area contributed by atoms with E-state index < -0.39 is 5.97 Å². The van der Waals surface area contributed by atoms with Gasteiger partial charge in [0.1, 0.15) is 0 Å². The lowest BCUT2D eigenvalue weighted by molar-refractivity contribution is 0.0529. The van der Waals surface area contributed by atoms with E-state index in [4.69, 9.17) is 4.74 Å². The Bertz CT molecular complexity index is 1500. The summed E-state index contributed by atoms with van der Waals surface area (Å²) < 4.78 is 10.0. The third-order valence-corrected chi connectivity index (χ3v) is 5.92. The van der Waals surface area contributed by atoms with Crippen molar-refractivity contribution in [3.63, 3.8) is 0 Å². The van der Waals surface area contributed by atoms with Gasteiger partial charge >= 0.3 is 5.97 Å². The molecule has 0 saturated carbocycles. The van der Waals surface area contributed by atoms with Crippen molar-refractivity contribution in [3.05, 3.63) is 92.3 Å². The van der Waals surface area contributed by atoms with E-state index in [1.165, 1.54) is 0 Å². The maximum Gasteiger partial charge on any atom is 0.341 e. The summed E-state index contributed by atoms with van der Waals surface area (Å²) in [6.45, 7) is 2.06. The first kappa shape index (κ1) is 18.9. The van der Waals surface area contributed by atoms with Gasteiger partial charge in [0.05, 0.1) is 34.3 Å². The van der Waals surface area contributed by atoms with Gasteiger partial charge in [0.15, 0.2) is 0 Å². The monoisotopic (exact) mass is 508 g/mol. The Kier molecular flexibility index (Phi) is 4.58. The number of ether oxygens (including phenoxy) is 1. The summed E-state index contributed by atoms with van der Waals surface area (Å²) in [5.41, 5.74) is 3.21. The molecule has 30 heavy (non-hydrogen) atoms. The summed E-state index contributed by atoms with van der Waals surface area (Å²) in [6, 6.07) is 22.8. The zero-order valence-corrected chi connectivity index (χ0v) is 18.3. The summed E-state index contributed by atoms with van der Waals surface area (Å²) in [4.78, 5) is 26.6. The fourth-order valence-electron chi connectivity index (χ4n) is 3.98. The smallest absolute Gasteiger partial charge is 0.341 e. The number of aromatic nitrogens is 2. The summed E-state index contributed by atoms with van der Waals surface area (Å²) in [5.74, 6) is -0.407. The molecule has 0 bridgehead atoms. The maximum absolute atomic E-state index is 13.4. The van der Waals surface area contributed by atoms with Gasteiger partial charge in [-0.15, -0.1) is 0 Å². The van der Waals surface area contributed by atoms with E-state index in [-0.39, 0.29) is 12.2 Å². The Balaban J connectivity index is 2.11. The summed E-state index contributed by atoms with van der Waals surface area (Å²) in [5, 5.41) is 1.28. The second-order valence-electron chi connectivity index (χ2n) is 6.91. The van der Waals surface area contributed by atoms with Gasteiger partial charge in [-0.2, -0.15) is 0 Å². The van der Waals surface area contributed by atoms with E-state index >= 15 is 0 Å². The molecule has 5 rings (SSSR count). The number of benzene rings is 3. The quantitative estimate of drug-likeness (QED) is 0.250. The van der Waals surface area contributed by atoms with Gasteiger partial charge in [-0.05, 0) is 59.8 Å². The predicted octanol–water partition coefficient (Wildman–Crippen LogP) is 5.15. The Labute approximate surface area is 185 Å². The van der Waals surface area contributed by atoms with Gasteiger partial charge in [-0.1, -0.05) is 42.5 Å². The number of carbonyl (C=O) groups is 1. The van der Waals surface area contributed by atoms with Crippen LogP contribution in [0.2, 0.25) is 0 Å². The van der Waals surface area contributed by atoms with Crippen LogP contribution in [0.15, 0.2) is 77.6 Å². The fraction of sp³-hybridized carbons (Fsp3) is 0.0833. The van der Waals surface area contributed by atoms with Crippen LogP contribution < -0.4 is 5.56 Å². The van der Waals surface area contributed by atoms with Gasteiger partial charge in [0.2, 0.25) is 0 Å². The second kappa shape index (κ2) is 7.28. The topological polar surface area (TPSA) is 52.2 Å². The molecule has 2 heterocycles. The van der Waals surface area contributed by atoms with E-state index in [2.05, 4.69) is 22.6 Å². The molecule has 0 fully saturated rings.